The second-order valence-electron chi connectivity index (χ2n) is 5.58. The molecule has 0 spiro atoms. The van der Waals surface area contributed by atoms with Crippen molar-refractivity contribution in [1.29, 1.82) is 0 Å². The molecule has 7 heteroatoms. The van der Waals surface area contributed by atoms with Crippen LogP contribution in [0.5, 0.6) is 11.5 Å². The summed E-state index contributed by atoms with van der Waals surface area (Å²) in [6, 6.07) is 8.15. The van der Waals surface area contributed by atoms with Gasteiger partial charge in [-0.25, -0.2) is 4.79 Å². The van der Waals surface area contributed by atoms with E-state index >= 15 is 0 Å². The third-order valence-corrected chi connectivity index (χ3v) is 3.93. The van der Waals surface area contributed by atoms with Crippen molar-refractivity contribution in [3.8, 4) is 11.5 Å². The van der Waals surface area contributed by atoms with E-state index in [1.54, 1.807) is 29.2 Å². The average molecular weight is 341 g/mol. The molecule has 0 saturated carbocycles. The zero-order valence-electron chi connectivity index (χ0n) is 13.3. The number of fused-ring (bicyclic) bond motifs is 1. The molecule has 2 aromatic rings. The lowest BCUT2D eigenvalue weighted by Crippen LogP contribution is -2.42. The molecule has 25 heavy (non-hydrogen) atoms. The molecular weight excluding hydrogens is 326 g/mol. The number of amides is 1. The summed E-state index contributed by atoms with van der Waals surface area (Å²) in [4.78, 5) is 26.0. The molecule has 0 N–H and O–H groups in total. The molecule has 0 radical (unpaired) electrons. The predicted octanol–water partition coefficient (Wildman–Crippen LogP) is 2.73. The monoisotopic (exact) mass is 341 g/mol. The van der Waals surface area contributed by atoms with Crippen molar-refractivity contribution >= 4 is 18.0 Å². The number of benzene rings is 1. The zero-order valence-corrected chi connectivity index (χ0v) is 13.3. The lowest BCUT2D eigenvalue weighted by molar-refractivity contribution is 0.0416. The molecule has 2 aliphatic heterocycles. The van der Waals surface area contributed by atoms with Crippen LogP contribution in [0.25, 0.3) is 6.08 Å². The molecule has 128 valence electrons. The van der Waals surface area contributed by atoms with Gasteiger partial charge in [0.15, 0.2) is 5.76 Å². The van der Waals surface area contributed by atoms with Crippen LogP contribution in [0.2, 0.25) is 0 Å². The van der Waals surface area contributed by atoms with Crippen LogP contribution in [-0.2, 0) is 4.74 Å². The van der Waals surface area contributed by atoms with Crippen LogP contribution in [0.1, 0.15) is 16.1 Å². The Hall–Kier alpha value is -3.06. The number of hydrogen-bond acceptors (Lipinski definition) is 6. The molecule has 0 unspecified atom stereocenters. The van der Waals surface area contributed by atoms with E-state index in [0.29, 0.717) is 49.1 Å². The number of rotatable bonds is 2. The summed E-state index contributed by atoms with van der Waals surface area (Å²) in [6.07, 6.45) is 2.60. The van der Waals surface area contributed by atoms with E-state index in [9.17, 15) is 9.59 Å². The van der Waals surface area contributed by atoms with Gasteiger partial charge in [-0.15, -0.1) is 0 Å². The fourth-order valence-corrected chi connectivity index (χ4v) is 2.64. The number of Topliss-reactive ketones (excluding diaryl/α,β-unsaturated/α-hetero) is 1. The highest BCUT2D eigenvalue weighted by molar-refractivity contribution is 6.14. The first kappa shape index (κ1) is 15.5. The molecule has 0 atom stereocenters. The van der Waals surface area contributed by atoms with E-state index in [4.69, 9.17) is 18.6 Å². The van der Waals surface area contributed by atoms with Crippen LogP contribution in [0.15, 0.2) is 46.8 Å². The van der Waals surface area contributed by atoms with Gasteiger partial charge >= 0.3 is 6.09 Å². The zero-order chi connectivity index (χ0) is 17.2. The van der Waals surface area contributed by atoms with Crippen LogP contribution < -0.4 is 9.47 Å². The topological polar surface area (TPSA) is 78.2 Å². The molecule has 0 bridgehead atoms. The minimum Gasteiger partial charge on any atom is -0.465 e. The van der Waals surface area contributed by atoms with E-state index in [1.165, 1.54) is 18.4 Å². The quantitative estimate of drug-likeness (QED) is 0.782. The Morgan fingerprint density at radius 1 is 1.20 bits per heavy atom. The molecule has 1 aromatic heterocycles. The summed E-state index contributed by atoms with van der Waals surface area (Å²) >= 11 is 0. The van der Waals surface area contributed by atoms with Crippen molar-refractivity contribution in [1.82, 2.24) is 4.90 Å². The summed E-state index contributed by atoms with van der Waals surface area (Å²) in [5.41, 5.74) is 0.420. The van der Waals surface area contributed by atoms with E-state index in [0.717, 1.165) is 0 Å². The van der Waals surface area contributed by atoms with Crippen LogP contribution in [-0.4, -0.2) is 43.1 Å². The molecule has 3 heterocycles. The van der Waals surface area contributed by atoms with Gasteiger partial charge in [0.25, 0.3) is 0 Å². The highest BCUT2D eigenvalue weighted by Crippen LogP contribution is 2.35. The Morgan fingerprint density at radius 3 is 2.80 bits per heavy atom. The minimum absolute atomic E-state index is 0.168. The second kappa shape index (κ2) is 6.45. The Kier molecular flexibility index (Phi) is 3.99. The predicted molar refractivity (Wildman–Crippen MR) is 86.5 cm³/mol. The van der Waals surface area contributed by atoms with Gasteiger partial charge in [0.2, 0.25) is 5.78 Å². The Labute approximate surface area is 143 Å². The van der Waals surface area contributed by atoms with Crippen LogP contribution >= 0.6 is 0 Å². The van der Waals surface area contributed by atoms with Gasteiger partial charge in [-0.2, -0.15) is 0 Å². The average Bonchev–Trinajstić information content (AvgIpc) is 3.24. The van der Waals surface area contributed by atoms with Gasteiger partial charge in [-0.3, -0.25) is 4.79 Å². The van der Waals surface area contributed by atoms with Crippen molar-refractivity contribution in [3.05, 3.63) is 53.7 Å². The Balaban J connectivity index is 1.50. The number of morpholine rings is 1. The summed E-state index contributed by atoms with van der Waals surface area (Å²) in [5, 5.41) is 0. The number of carbonyl (C=O) groups is 2. The van der Waals surface area contributed by atoms with Crippen LogP contribution in [0, 0.1) is 0 Å². The molecule has 4 rings (SSSR count). The lowest BCUT2D eigenvalue weighted by Gasteiger charge is -2.25. The first-order valence-electron chi connectivity index (χ1n) is 7.87. The number of ether oxygens (including phenoxy) is 3. The molecular formula is C18H15NO6. The van der Waals surface area contributed by atoms with Crippen molar-refractivity contribution in [2.24, 2.45) is 0 Å². The van der Waals surface area contributed by atoms with Gasteiger partial charge in [-0.1, -0.05) is 0 Å². The molecule has 7 nitrogen and oxygen atoms in total. The molecule has 1 aromatic carbocycles. The summed E-state index contributed by atoms with van der Waals surface area (Å²) in [6.45, 7) is 1.99. The maximum atomic E-state index is 12.3. The highest BCUT2D eigenvalue weighted by Gasteiger charge is 2.28. The summed E-state index contributed by atoms with van der Waals surface area (Å²) < 4.78 is 21.3. The number of furan rings is 1. The lowest BCUT2D eigenvalue weighted by atomic mass is 10.1. The standard InChI is InChI=1S/C18H15NO6/c20-17-14-4-3-13(24-18(21)19-5-8-22-9-6-19)11-15(14)25-16(17)10-12-2-1-7-23-12/h1-4,7,10-11H,5-6,8-9H2. The third kappa shape index (κ3) is 3.14. The van der Waals surface area contributed by atoms with E-state index < -0.39 is 6.09 Å². The molecule has 1 amide bonds. The second-order valence-corrected chi connectivity index (χ2v) is 5.58. The fourth-order valence-electron chi connectivity index (χ4n) is 2.64. The Morgan fingerprint density at radius 2 is 2.04 bits per heavy atom. The molecule has 0 aliphatic carbocycles. The van der Waals surface area contributed by atoms with Crippen LogP contribution in [0.4, 0.5) is 4.79 Å². The van der Waals surface area contributed by atoms with Gasteiger partial charge in [-0.05, 0) is 24.3 Å². The Bertz CT molecular complexity index is 833. The maximum absolute atomic E-state index is 12.3. The maximum Gasteiger partial charge on any atom is 0.415 e. The summed E-state index contributed by atoms with van der Waals surface area (Å²) in [5.74, 6) is 1.13. The fraction of sp³-hybridized carbons (Fsp3) is 0.222. The van der Waals surface area contributed by atoms with E-state index in [1.807, 2.05) is 0 Å². The largest absolute Gasteiger partial charge is 0.465 e. The number of ketones is 1. The van der Waals surface area contributed by atoms with Crippen molar-refractivity contribution in [2.45, 2.75) is 0 Å². The van der Waals surface area contributed by atoms with Gasteiger partial charge in [0, 0.05) is 25.2 Å². The molecule has 2 aliphatic rings. The number of nitrogens with zero attached hydrogens (tertiary/aromatic N) is 1. The number of carbonyl (C=O) groups excluding carboxylic acids is 2. The smallest absolute Gasteiger partial charge is 0.415 e. The van der Waals surface area contributed by atoms with Gasteiger partial charge in [0.05, 0.1) is 25.0 Å². The molecule has 1 saturated heterocycles. The molecule has 1 fully saturated rings. The summed E-state index contributed by atoms with van der Waals surface area (Å²) in [7, 11) is 0. The van der Waals surface area contributed by atoms with E-state index in [-0.39, 0.29) is 11.5 Å². The van der Waals surface area contributed by atoms with Gasteiger partial charge in [0.1, 0.15) is 17.3 Å². The highest BCUT2D eigenvalue weighted by atomic mass is 16.6. The first-order valence-corrected chi connectivity index (χ1v) is 7.87. The normalized spacial score (nSPS) is 18.2. The number of allylic oxidation sites excluding steroid dienone is 1. The third-order valence-electron chi connectivity index (χ3n) is 3.93. The van der Waals surface area contributed by atoms with Crippen molar-refractivity contribution in [2.75, 3.05) is 26.3 Å². The van der Waals surface area contributed by atoms with Crippen LogP contribution in [0.3, 0.4) is 0 Å². The SMILES string of the molecule is O=C1C(=Cc2ccco2)Oc2cc(OC(=O)N3CCOCC3)ccc21. The minimum atomic E-state index is -0.445. The number of hydrogen-bond donors (Lipinski definition) is 0. The first-order chi connectivity index (χ1) is 12.2. The van der Waals surface area contributed by atoms with Crippen molar-refractivity contribution in [3.63, 3.8) is 0 Å². The van der Waals surface area contributed by atoms with Gasteiger partial charge < -0.3 is 23.5 Å². The van der Waals surface area contributed by atoms with Crippen molar-refractivity contribution < 1.29 is 28.2 Å². The van der Waals surface area contributed by atoms with E-state index in [2.05, 4.69) is 0 Å².